The van der Waals surface area contributed by atoms with E-state index in [1.807, 2.05) is 0 Å². The molecule has 0 saturated heterocycles. The minimum absolute atomic E-state index is 0.118. The fourth-order valence-electron chi connectivity index (χ4n) is 1.67. The summed E-state index contributed by atoms with van der Waals surface area (Å²) in [6.07, 6.45) is -2.05. The normalized spacial score (nSPS) is 24.2. The molecule has 0 unspecified atom stereocenters. The van der Waals surface area contributed by atoms with Gasteiger partial charge in [-0.1, -0.05) is 0 Å². The smallest absolute Gasteiger partial charge is 0.433 e. The molecule has 0 bridgehead atoms. The summed E-state index contributed by atoms with van der Waals surface area (Å²) >= 11 is 0. The second-order valence-electron chi connectivity index (χ2n) is 4.04. The SMILES string of the molecule is NCC1CC(Oc2nccc(C(F)(F)F)n2)C1. The van der Waals surface area contributed by atoms with Gasteiger partial charge in [-0.15, -0.1) is 0 Å². The molecule has 0 spiro atoms. The molecular weight excluding hydrogens is 235 g/mol. The third kappa shape index (κ3) is 2.85. The molecule has 1 aromatic heterocycles. The lowest BCUT2D eigenvalue weighted by Gasteiger charge is -2.33. The van der Waals surface area contributed by atoms with Crippen LogP contribution in [0.1, 0.15) is 18.5 Å². The van der Waals surface area contributed by atoms with Gasteiger partial charge in [-0.2, -0.15) is 18.2 Å². The van der Waals surface area contributed by atoms with Crippen LogP contribution in [0.2, 0.25) is 0 Å². The van der Waals surface area contributed by atoms with Crippen molar-refractivity contribution in [3.8, 4) is 6.01 Å². The molecule has 4 nitrogen and oxygen atoms in total. The van der Waals surface area contributed by atoms with Crippen molar-refractivity contribution in [1.82, 2.24) is 9.97 Å². The van der Waals surface area contributed by atoms with Crippen molar-refractivity contribution in [2.75, 3.05) is 6.54 Å². The van der Waals surface area contributed by atoms with Gasteiger partial charge in [0.2, 0.25) is 0 Å². The molecule has 1 heterocycles. The van der Waals surface area contributed by atoms with Crippen molar-refractivity contribution >= 4 is 0 Å². The van der Waals surface area contributed by atoms with Gasteiger partial charge in [0.15, 0.2) is 5.69 Å². The molecule has 1 aliphatic rings. The summed E-state index contributed by atoms with van der Waals surface area (Å²) in [7, 11) is 0. The molecule has 0 atom stereocenters. The van der Waals surface area contributed by atoms with Gasteiger partial charge in [0, 0.05) is 6.20 Å². The molecule has 7 heteroatoms. The van der Waals surface area contributed by atoms with Crippen LogP contribution in [-0.4, -0.2) is 22.6 Å². The second-order valence-corrected chi connectivity index (χ2v) is 4.04. The molecule has 2 rings (SSSR count). The second kappa shape index (κ2) is 4.48. The van der Waals surface area contributed by atoms with Crippen molar-refractivity contribution in [3.63, 3.8) is 0 Å². The van der Waals surface area contributed by atoms with Gasteiger partial charge in [0.1, 0.15) is 6.10 Å². The highest BCUT2D eigenvalue weighted by molar-refractivity contribution is 5.09. The fraction of sp³-hybridized carbons (Fsp3) is 0.600. The summed E-state index contributed by atoms with van der Waals surface area (Å²) in [6.45, 7) is 0.573. The van der Waals surface area contributed by atoms with Crippen molar-refractivity contribution in [1.29, 1.82) is 0 Å². The Morgan fingerprint density at radius 3 is 2.71 bits per heavy atom. The molecule has 0 amide bonds. The monoisotopic (exact) mass is 247 g/mol. The van der Waals surface area contributed by atoms with E-state index in [-0.39, 0.29) is 12.1 Å². The van der Waals surface area contributed by atoms with E-state index < -0.39 is 11.9 Å². The Morgan fingerprint density at radius 2 is 2.12 bits per heavy atom. The number of nitrogens with two attached hydrogens (primary N) is 1. The van der Waals surface area contributed by atoms with Crippen LogP contribution in [0.5, 0.6) is 6.01 Å². The summed E-state index contributed by atoms with van der Waals surface area (Å²) in [5.74, 6) is 0.394. The predicted molar refractivity (Wildman–Crippen MR) is 53.2 cm³/mol. The van der Waals surface area contributed by atoms with Crippen molar-refractivity contribution < 1.29 is 17.9 Å². The highest BCUT2D eigenvalue weighted by Gasteiger charge is 2.34. The van der Waals surface area contributed by atoms with Crippen LogP contribution in [0.4, 0.5) is 13.2 Å². The molecule has 2 N–H and O–H groups in total. The third-order valence-electron chi connectivity index (χ3n) is 2.72. The number of alkyl halides is 3. The van der Waals surface area contributed by atoms with Gasteiger partial charge in [-0.3, -0.25) is 0 Å². The number of nitrogens with zero attached hydrogens (tertiary/aromatic N) is 2. The largest absolute Gasteiger partial charge is 0.460 e. The van der Waals surface area contributed by atoms with E-state index in [1.54, 1.807) is 0 Å². The Bertz CT molecular complexity index is 391. The molecule has 0 radical (unpaired) electrons. The first-order valence-electron chi connectivity index (χ1n) is 5.26. The predicted octanol–water partition coefficient (Wildman–Crippen LogP) is 1.61. The quantitative estimate of drug-likeness (QED) is 0.881. The van der Waals surface area contributed by atoms with E-state index in [0.717, 1.165) is 25.1 Å². The Morgan fingerprint density at radius 1 is 1.41 bits per heavy atom. The number of hydrogen-bond acceptors (Lipinski definition) is 4. The third-order valence-corrected chi connectivity index (χ3v) is 2.72. The van der Waals surface area contributed by atoms with E-state index in [2.05, 4.69) is 9.97 Å². The van der Waals surface area contributed by atoms with Crippen LogP contribution in [-0.2, 0) is 6.18 Å². The summed E-state index contributed by atoms with van der Waals surface area (Å²) in [4.78, 5) is 6.99. The van der Waals surface area contributed by atoms with Crippen molar-refractivity contribution in [2.45, 2.75) is 25.1 Å². The van der Waals surface area contributed by atoms with Crippen LogP contribution in [0.15, 0.2) is 12.3 Å². The van der Waals surface area contributed by atoms with E-state index in [0.29, 0.717) is 12.5 Å². The maximum atomic E-state index is 12.4. The van der Waals surface area contributed by atoms with Gasteiger partial charge in [-0.25, -0.2) is 4.98 Å². The number of hydrogen-bond donors (Lipinski definition) is 1. The average Bonchev–Trinajstić information content (AvgIpc) is 2.22. The van der Waals surface area contributed by atoms with Crippen molar-refractivity contribution in [3.05, 3.63) is 18.0 Å². The lowest BCUT2D eigenvalue weighted by molar-refractivity contribution is -0.141. The van der Waals surface area contributed by atoms with E-state index >= 15 is 0 Å². The number of halogens is 3. The highest BCUT2D eigenvalue weighted by Crippen LogP contribution is 2.31. The molecule has 0 aromatic carbocycles. The summed E-state index contributed by atoms with van der Waals surface area (Å²) < 4.78 is 42.3. The van der Waals surface area contributed by atoms with E-state index in [9.17, 15) is 13.2 Å². The number of aromatic nitrogens is 2. The van der Waals surface area contributed by atoms with Crippen LogP contribution in [0.25, 0.3) is 0 Å². The molecule has 94 valence electrons. The molecule has 1 fully saturated rings. The van der Waals surface area contributed by atoms with E-state index in [1.165, 1.54) is 0 Å². The number of rotatable bonds is 3. The van der Waals surface area contributed by atoms with Crippen LogP contribution < -0.4 is 10.5 Å². The van der Waals surface area contributed by atoms with Gasteiger partial charge < -0.3 is 10.5 Å². The molecule has 17 heavy (non-hydrogen) atoms. The maximum Gasteiger partial charge on any atom is 0.433 e. The molecule has 1 aliphatic carbocycles. The summed E-state index contributed by atoms with van der Waals surface area (Å²) in [5, 5.41) is 0. The van der Waals surface area contributed by atoms with Crippen LogP contribution in [0, 0.1) is 5.92 Å². The van der Waals surface area contributed by atoms with Gasteiger partial charge >= 0.3 is 12.2 Å². The Kier molecular flexibility index (Phi) is 3.19. The summed E-state index contributed by atoms with van der Waals surface area (Å²) in [5.41, 5.74) is 4.45. The first-order valence-corrected chi connectivity index (χ1v) is 5.26. The summed E-state index contributed by atoms with van der Waals surface area (Å²) in [6, 6.07) is 0.594. The zero-order valence-corrected chi connectivity index (χ0v) is 8.94. The number of ether oxygens (including phenoxy) is 1. The van der Waals surface area contributed by atoms with Crippen LogP contribution in [0.3, 0.4) is 0 Å². The highest BCUT2D eigenvalue weighted by atomic mass is 19.4. The van der Waals surface area contributed by atoms with Gasteiger partial charge in [0.05, 0.1) is 0 Å². The minimum atomic E-state index is -4.47. The van der Waals surface area contributed by atoms with Gasteiger partial charge in [0.25, 0.3) is 0 Å². The Hall–Kier alpha value is -1.37. The fourth-order valence-corrected chi connectivity index (χ4v) is 1.67. The standard InChI is InChI=1S/C10H12F3N3O/c11-10(12,13)8-1-2-15-9(16-8)17-7-3-6(4-7)5-14/h1-2,6-7H,3-5,14H2. The average molecular weight is 247 g/mol. The Labute approximate surface area is 96.0 Å². The van der Waals surface area contributed by atoms with Gasteiger partial charge in [-0.05, 0) is 31.4 Å². The molecule has 1 saturated carbocycles. The first kappa shape index (κ1) is 12.1. The molecule has 0 aliphatic heterocycles. The topological polar surface area (TPSA) is 61.0 Å². The maximum absolute atomic E-state index is 12.4. The lowest BCUT2D eigenvalue weighted by atomic mass is 9.82. The zero-order valence-electron chi connectivity index (χ0n) is 8.94. The van der Waals surface area contributed by atoms with Crippen LogP contribution >= 0.6 is 0 Å². The molecule has 1 aromatic rings. The first-order chi connectivity index (χ1) is 7.99. The lowest BCUT2D eigenvalue weighted by Crippen LogP contribution is -2.38. The van der Waals surface area contributed by atoms with E-state index in [4.69, 9.17) is 10.5 Å². The minimum Gasteiger partial charge on any atom is -0.460 e. The van der Waals surface area contributed by atoms with Crippen molar-refractivity contribution in [2.24, 2.45) is 11.7 Å². The zero-order chi connectivity index (χ0) is 12.5. The molecular formula is C10H12F3N3O. The Balaban J connectivity index is 1.98.